The molecule has 0 unspecified atom stereocenters. The molecule has 0 spiro atoms. The van der Waals surface area contributed by atoms with Crippen molar-refractivity contribution in [2.45, 2.75) is 110 Å². The molecule has 0 aromatic rings. The molecule has 3 heteroatoms. The molecule has 1 rings (SSSR count). The highest BCUT2D eigenvalue weighted by molar-refractivity contribution is 5.78. The van der Waals surface area contributed by atoms with Crippen LogP contribution in [0.25, 0.3) is 0 Å². The average molecular weight is 338 g/mol. The Morgan fingerprint density at radius 3 is 1.92 bits per heavy atom. The lowest BCUT2D eigenvalue weighted by atomic mass is 10.0. The van der Waals surface area contributed by atoms with Crippen LogP contribution in [0, 0.1) is 0 Å². The normalized spacial score (nSPS) is 14.5. The molecule has 1 saturated heterocycles. The van der Waals surface area contributed by atoms with Crippen LogP contribution >= 0.6 is 0 Å². The van der Waals surface area contributed by atoms with Gasteiger partial charge in [0.05, 0.1) is 0 Å². The van der Waals surface area contributed by atoms with Crippen molar-refractivity contribution in [3.05, 3.63) is 0 Å². The molecule has 0 aliphatic carbocycles. The number of hydrogen-bond acceptors (Lipinski definition) is 2. The maximum Gasteiger partial charge on any atom is 0.222 e. The first-order chi connectivity index (χ1) is 11.7. The monoisotopic (exact) mass is 337 g/mol. The van der Waals surface area contributed by atoms with Crippen LogP contribution in [-0.4, -0.2) is 29.7 Å². The summed E-state index contributed by atoms with van der Waals surface area (Å²) in [5.74, 6) is 0.717. The zero-order chi connectivity index (χ0) is 17.5. The van der Waals surface area contributed by atoms with Gasteiger partial charge in [0.25, 0.3) is 0 Å². The van der Waals surface area contributed by atoms with E-state index in [1.807, 2.05) is 4.90 Å². The van der Waals surface area contributed by atoms with E-state index in [9.17, 15) is 9.59 Å². The minimum atomic E-state index is 0.298. The molecule has 3 nitrogen and oxygen atoms in total. The number of carbonyl (C=O) groups is 2. The van der Waals surface area contributed by atoms with Crippen molar-refractivity contribution >= 4 is 11.7 Å². The molecule has 0 saturated carbocycles. The van der Waals surface area contributed by atoms with Gasteiger partial charge in [0.2, 0.25) is 5.91 Å². The Hall–Kier alpha value is -0.860. The lowest BCUT2D eigenvalue weighted by Crippen LogP contribution is -2.25. The Balaban J connectivity index is 1.80. The Morgan fingerprint density at radius 2 is 1.38 bits per heavy atom. The molecule has 1 amide bonds. The maximum absolute atomic E-state index is 11.9. The summed E-state index contributed by atoms with van der Waals surface area (Å²) in [5, 5.41) is 0. The quantitative estimate of drug-likeness (QED) is 0.341. The van der Waals surface area contributed by atoms with Gasteiger partial charge in [-0.25, -0.2) is 0 Å². The van der Waals surface area contributed by atoms with E-state index in [-0.39, 0.29) is 0 Å². The van der Waals surface area contributed by atoms with Crippen LogP contribution < -0.4 is 0 Å². The van der Waals surface area contributed by atoms with Crippen molar-refractivity contribution in [1.29, 1.82) is 0 Å². The summed E-state index contributed by atoms with van der Waals surface area (Å²) < 4.78 is 0. The molecular weight excluding hydrogens is 298 g/mol. The first kappa shape index (κ1) is 21.2. The van der Waals surface area contributed by atoms with Crippen LogP contribution in [0.4, 0.5) is 0 Å². The molecule has 0 bridgehead atoms. The summed E-state index contributed by atoms with van der Waals surface area (Å²) >= 11 is 0. The van der Waals surface area contributed by atoms with Crippen molar-refractivity contribution in [3.8, 4) is 0 Å². The van der Waals surface area contributed by atoms with E-state index < -0.39 is 0 Å². The fraction of sp³-hybridized carbons (Fsp3) is 0.905. The van der Waals surface area contributed by atoms with Crippen molar-refractivity contribution in [2.24, 2.45) is 0 Å². The van der Waals surface area contributed by atoms with Crippen LogP contribution in [0.5, 0.6) is 0 Å². The van der Waals surface area contributed by atoms with E-state index in [1.165, 1.54) is 57.8 Å². The first-order valence-corrected chi connectivity index (χ1v) is 10.5. The third-order valence-electron chi connectivity index (χ3n) is 5.11. The summed E-state index contributed by atoms with van der Waals surface area (Å²) in [6.45, 7) is 4.03. The van der Waals surface area contributed by atoms with Crippen molar-refractivity contribution < 1.29 is 9.59 Å². The van der Waals surface area contributed by atoms with Gasteiger partial charge in [0.15, 0.2) is 0 Å². The van der Waals surface area contributed by atoms with Crippen molar-refractivity contribution in [2.75, 3.05) is 13.1 Å². The second-order valence-corrected chi connectivity index (χ2v) is 7.41. The second kappa shape index (κ2) is 14.5. The first-order valence-electron chi connectivity index (χ1n) is 10.5. The number of carbonyl (C=O) groups excluding carboxylic acids is 2. The van der Waals surface area contributed by atoms with E-state index >= 15 is 0 Å². The van der Waals surface area contributed by atoms with E-state index in [4.69, 9.17) is 0 Å². The third-order valence-corrected chi connectivity index (χ3v) is 5.11. The predicted molar refractivity (Wildman–Crippen MR) is 101 cm³/mol. The molecule has 1 fully saturated rings. The van der Waals surface area contributed by atoms with Gasteiger partial charge in [-0.05, 0) is 25.7 Å². The number of likely N-dealkylation sites (tertiary alicyclic amines) is 1. The number of ketones is 1. The highest BCUT2D eigenvalue weighted by Gasteiger charge is 2.18. The molecular formula is C21H39NO2. The molecule has 0 aromatic carbocycles. The molecule has 0 aromatic heterocycles. The Kier molecular flexibility index (Phi) is 12.8. The topological polar surface area (TPSA) is 37.4 Å². The van der Waals surface area contributed by atoms with Gasteiger partial charge in [-0.3, -0.25) is 9.59 Å². The molecule has 0 atom stereocenters. The van der Waals surface area contributed by atoms with Crippen LogP contribution in [0.1, 0.15) is 110 Å². The number of hydrogen-bond donors (Lipinski definition) is 0. The van der Waals surface area contributed by atoms with Gasteiger partial charge in [0, 0.05) is 32.4 Å². The summed E-state index contributed by atoms with van der Waals surface area (Å²) in [6, 6.07) is 0. The Bertz CT molecular complexity index is 341. The summed E-state index contributed by atoms with van der Waals surface area (Å²) in [6.07, 6.45) is 18.3. The number of amides is 1. The summed E-state index contributed by atoms with van der Waals surface area (Å²) in [4.78, 5) is 25.3. The molecule has 24 heavy (non-hydrogen) atoms. The molecule has 1 heterocycles. The molecule has 0 N–H and O–H groups in total. The molecule has 1 aliphatic rings. The van der Waals surface area contributed by atoms with Gasteiger partial charge in [0.1, 0.15) is 5.78 Å². The van der Waals surface area contributed by atoms with Gasteiger partial charge in [-0.15, -0.1) is 0 Å². The lowest BCUT2D eigenvalue weighted by Gasteiger charge is -2.14. The fourth-order valence-electron chi connectivity index (χ4n) is 3.50. The zero-order valence-corrected chi connectivity index (χ0v) is 16.0. The number of unbranched alkanes of at least 4 members (excludes halogenated alkanes) is 10. The van der Waals surface area contributed by atoms with Crippen LogP contribution in [0.15, 0.2) is 0 Å². The number of rotatable bonds is 16. The van der Waals surface area contributed by atoms with Crippen LogP contribution in [-0.2, 0) is 9.59 Å². The molecule has 140 valence electrons. The minimum absolute atomic E-state index is 0.298. The standard InChI is InChI=1S/C21H39NO2/c1-2-3-4-5-6-7-8-9-10-11-15-20(23)16-12-13-18-22-19-14-17-21(22)24/h2-19H2,1H3. The van der Waals surface area contributed by atoms with E-state index in [2.05, 4.69) is 6.92 Å². The van der Waals surface area contributed by atoms with E-state index in [0.717, 1.165) is 51.6 Å². The van der Waals surface area contributed by atoms with E-state index in [1.54, 1.807) is 0 Å². The smallest absolute Gasteiger partial charge is 0.222 e. The zero-order valence-electron chi connectivity index (χ0n) is 16.0. The fourth-order valence-corrected chi connectivity index (χ4v) is 3.50. The lowest BCUT2D eigenvalue weighted by molar-refractivity contribution is -0.127. The van der Waals surface area contributed by atoms with Gasteiger partial charge < -0.3 is 4.90 Å². The highest BCUT2D eigenvalue weighted by Crippen LogP contribution is 2.13. The Labute approximate surface area is 149 Å². The predicted octanol–water partition coefficient (Wildman–Crippen LogP) is 5.66. The van der Waals surface area contributed by atoms with Gasteiger partial charge >= 0.3 is 0 Å². The van der Waals surface area contributed by atoms with Crippen molar-refractivity contribution in [1.82, 2.24) is 4.90 Å². The van der Waals surface area contributed by atoms with Crippen molar-refractivity contribution in [3.63, 3.8) is 0 Å². The maximum atomic E-state index is 11.9. The highest BCUT2D eigenvalue weighted by atomic mass is 16.2. The third kappa shape index (κ3) is 10.8. The van der Waals surface area contributed by atoms with E-state index in [0.29, 0.717) is 18.1 Å². The Morgan fingerprint density at radius 1 is 0.833 bits per heavy atom. The van der Waals surface area contributed by atoms with Crippen LogP contribution in [0.3, 0.4) is 0 Å². The SMILES string of the molecule is CCCCCCCCCCCCC(=O)CCCCN1CCCC1=O. The minimum Gasteiger partial charge on any atom is -0.343 e. The number of Topliss-reactive ketones (excluding diaryl/α,β-unsaturated/α-hetero) is 1. The van der Waals surface area contributed by atoms with Gasteiger partial charge in [-0.1, -0.05) is 64.7 Å². The second-order valence-electron chi connectivity index (χ2n) is 7.41. The van der Waals surface area contributed by atoms with Gasteiger partial charge in [-0.2, -0.15) is 0 Å². The molecule has 0 radical (unpaired) electrons. The number of nitrogens with zero attached hydrogens (tertiary/aromatic N) is 1. The van der Waals surface area contributed by atoms with Crippen LogP contribution in [0.2, 0.25) is 0 Å². The summed E-state index contributed by atoms with van der Waals surface area (Å²) in [7, 11) is 0. The average Bonchev–Trinajstić information content (AvgIpc) is 2.98. The molecule has 1 aliphatic heterocycles. The largest absolute Gasteiger partial charge is 0.343 e. The summed E-state index contributed by atoms with van der Waals surface area (Å²) in [5.41, 5.74) is 0.